The highest BCUT2D eigenvalue weighted by Crippen LogP contribution is 2.17. The first-order valence-electron chi connectivity index (χ1n) is 9.12. The molecule has 0 radical (unpaired) electrons. The van der Waals surface area contributed by atoms with Crippen LogP contribution in [0.1, 0.15) is 40.5 Å². The van der Waals surface area contributed by atoms with Crippen molar-refractivity contribution in [1.29, 1.82) is 0 Å². The Morgan fingerprint density at radius 3 is 2.96 bits per heavy atom. The average Bonchev–Trinajstić information content (AvgIpc) is 3.31. The van der Waals surface area contributed by atoms with Crippen molar-refractivity contribution in [3.05, 3.63) is 53.4 Å². The second-order valence-corrected chi connectivity index (χ2v) is 6.84. The van der Waals surface area contributed by atoms with Crippen LogP contribution in [0.2, 0.25) is 0 Å². The van der Waals surface area contributed by atoms with Gasteiger partial charge in [-0.25, -0.2) is 4.98 Å². The minimum atomic E-state index is -0.197. The molecule has 3 aromatic heterocycles. The number of ether oxygens (including phenoxy) is 1. The smallest absolute Gasteiger partial charge is 0.292 e. The van der Waals surface area contributed by atoms with Crippen LogP contribution in [0.4, 0.5) is 0 Å². The molecule has 4 heterocycles. The molecule has 0 saturated carbocycles. The lowest BCUT2D eigenvalue weighted by Crippen LogP contribution is -2.38. The zero-order chi connectivity index (χ0) is 18.8. The van der Waals surface area contributed by atoms with Crippen LogP contribution < -0.4 is 0 Å². The van der Waals surface area contributed by atoms with Gasteiger partial charge in [0.05, 0.1) is 18.3 Å². The molecule has 1 fully saturated rings. The predicted octanol–water partition coefficient (Wildman–Crippen LogP) is 1.96. The van der Waals surface area contributed by atoms with Crippen molar-refractivity contribution in [2.24, 2.45) is 0 Å². The molecule has 0 spiro atoms. The van der Waals surface area contributed by atoms with Gasteiger partial charge in [0.1, 0.15) is 0 Å². The topological polar surface area (TPSA) is 85.5 Å². The normalized spacial score (nSPS) is 16.7. The van der Waals surface area contributed by atoms with Crippen molar-refractivity contribution in [3.8, 4) is 0 Å². The van der Waals surface area contributed by atoms with Gasteiger partial charge in [-0.3, -0.25) is 14.2 Å². The number of carbonyl (C=O) groups is 1. The van der Waals surface area contributed by atoms with Crippen molar-refractivity contribution in [2.45, 2.75) is 39.3 Å². The second-order valence-electron chi connectivity index (χ2n) is 6.84. The van der Waals surface area contributed by atoms with Crippen LogP contribution in [0, 0.1) is 13.8 Å². The molecule has 8 nitrogen and oxygen atoms in total. The van der Waals surface area contributed by atoms with Gasteiger partial charge < -0.3 is 9.64 Å². The van der Waals surface area contributed by atoms with E-state index in [0.29, 0.717) is 18.9 Å². The molecule has 27 heavy (non-hydrogen) atoms. The molecule has 1 amide bonds. The fraction of sp³-hybridized carbons (Fsp3) is 0.421. The fourth-order valence-corrected chi connectivity index (χ4v) is 3.45. The van der Waals surface area contributed by atoms with Crippen molar-refractivity contribution in [3.63, 3.8) is 0 Å². The van der Waals surface area contributed by atoms with Gasteiger partial charge in [-0.2, -0.15) is 0 Å². The first-order valence-corrected chi connectivity index (χ1v) is 9.12. The number of hydrogen-bond donors (Lipinski definition) is 0. The average molecular weight is 366 g/mol. The Hall–Kier alpha value is -2.87. The Bertz CT molecular complexity index is 949. The highest BCUT2D eigenvalue weighted by Gasteiger charge is 2.27. The van der Waals surface area contributed by atoms with Crippen molar-refractivity contribution in [1.82, 2.24) is 29.5 Å². The number of hydrogen-bond acceptors (Lipinski definition) is 6. The Morgan fingerprint density at radius 1 is 1.33 bits per heavy atom. The van der Waals surface area contributed by atoms with Gasteiger partial charge in [-0.1, -0.05) is 6.07 Å². The van der Waals surface area contributed by atoms with E-state index in [4.69, 9.17) is 4.74 Å². The molecule has 0 aliphatic carbocycles. The van der Waals surface area contributed by atoms with Crippen molar-refractivity contribution < 1.29 is 9.53 Å². The first-order chi connectivity index (χ1) is 13.1. The highest BCUT2D eigenvalue weighted by molar-refractivity contribution is 5.91. The Balaban J connectivity index is 1.67. The molecular formula is C19H22N6O2. The van der Waals surface area contributed by atoms with Crippen LogP contribution in [0.5, 0.6) is 0 Å². The van der Waals surface area contributed by atoms with Gasteiger partial charge in [-0.05, 0) is 44.9 Å². The Kier molecular flexibility index (Phi) is 4.81. The molecule has 8 heteroatoms. The number of amides is 1. The molecule has 4 rings (SSSR count). The molecular weight excluding hydrogens is 344 g/mol. The molecule has 1 atom stereocenters. The molecule has 1 aliphatic rings. The maximum Gasteiger partial charge on any atom is 0.292 e. The molecule has 140 valence electrons. The number of pyridine rings is 1. The number of aryl methyl sites for hydroxylation is 2. The van der Waals surface area contributed by atoms with E-state index in [0.717, 1.165) is 36.5 Å². The predicted molar refractivity (Wildman–Crippen MR) is 98.2 cm³/mol. The minimum Gasteiger partial charge on any atom is -0.376 e. The van der Waals surface area contributed by atoms with Gasteiger partial charge >= 0.3 is 0 Å². The van der Waals surface area contributed by atoms with Crippen LogP contribution >= 0.6 is 0 Å². The van der Waals surface area contributed by atoms with Gasteiger partial charge in [0, 0.05) is 30.7 Å². The van der Waals surface area contributed by atoms with Crippen LogP contribution in [-0.4, -0.2) is 54.6 Å². The van der Waals surface area contributed by atoms with Gasteiger partial charge in [0.2, 0.25) is 5.82 Å². The zero-order valence-corrected chi connectivity index (χ0v) is 15.5. The summed E-state index contributed by atoms with van der Waals surface area (Å²) in [6, 6.07) is 7.60. The van der Waals surface area contributed by atoms with Gasteiger partial charge in [0.25, 0.3) is 11.7 Å². The summed E-state index contributed by atoms with van der Waals surface area (Å²) in [6.07, 6.45) is 3.74. The van der Waals surface area contributed by atoms with E-state index in [-0.39, 0.29) is 17.8 Å². The zero-order valence-electron chi connectivity index (χ0n) is 15.5. The third-order valence-electron chi connectivity index (χ3n) is 4.70. The molecule has 0 N–H and O–H groups in total. The summed E-state index contributed by atoms with van der Waals surface area (Å²) in [4.78, 5) is 23.8. The fourth-order valence-electron chi connectivity index (χ4n) is 3.45. The summed E-state index contributed by atoms with van der Waals surface area (Å²) < 4.78 is 7.45. The Labute approximate surface area is 157 Å². The van der Waals surface area contributed by atoms with E-state index >= 15 is 0 Å². The maximum atomic E-state index is 13.3. The molecule has 0 unspecified atom stereocenters. The number of rotatable bonds is 5. The minimum absolute atomic E-state index is 0.0401. The first kappa shape index (κ1) is 17.5. The van der Waals surface area contributed by atoms with E-state index in [9.17, 15) is 4.79 Å². The number of aromatic nitrogens is 5. The summed E-state index contributed by atoms with van der Waals surface area (Å²) >= 11 is 0. The van der Waals surface area contributed by atoms with E-state index < -0.39 is 0 Å². The van der Waals surface area contributed by atoms with Crippen LogP contribution in [-0.2, 0) is 11.3 Å². The van der Waals surface area contributed by atoms with E-state index in [1.807, 2.05) is 38.1 Å². The lowest BCUT2D eigenvalue weighted by molar-refractivity contribution is 0.0494. The largest absolute Gasteiger partial charge is 0.376 e. The summed E-state index contributed by atoms with van der Waals surface area (Å²) in [5.41, 5.74) is 2.54. The quantitative estimate of drug-likeness (QED) is 0.686. The molecule has 0 aromatic carbocycles. The number of fused-ring (bicyclic) bond motifs is 1. The van der Waals surface area contributed by atoms with Crippen LogP contribution in [0.3, 0.4) is 0 Å². The van der Waals surface area contributed by atoms with Crippen LogP contribution in [0.25, 0.3) is 5.78 Å². The third-order valence-corrected chi connectivity index (χ3v) is 4.70. The summed E-state index contributed by atoms with van der Waals surface area (Å²) in [7, 11) is 0. The van der Waals surface area contributed by atoms with E-state index in [1.165, 1.54) is 0 Å². The summed E-state index contributed by atoms with van der Waals surface area (Å²) in [5.74, 6) is 0.507. The second kappa shape index (κ2) is 7.40. The van der Waals surface area contributed by atoms with E-state index in [2.05, 4.69) is 20.2 Å². The molecule has 3 aromatic rings. The molecule has 1 aliphatic heterocycles. The molecule has 1 saturated heterocycles. The summed E-state index contributed by atoms with van der Waals surface area (Å²) in [6.45, 7) is 5.46. The third kappa shape index (κ3) is 3.66. The maximum absolute atomic E-state index is 13.3. The highest BCUT2D eigenvalue weighted by atomic mass is 16.5. The monoisotopic (exact) mass is 366 g/mol. The van der Waals surface area contributed by atoms with Crippen LogP contribution in [0.15, 0.2) is 30.5 Å². The Morgan fingerprint density at radius 2 is 2.22 bits per heavy atom. The standard InChI is InChI=1S/C19H22N6O2/c1-13-10-14(2)25-17(22-23-19(25)21-13)18(26)24(12-16-7-5-9-27-16)11-15-6-3-4-8-20-15/h3-4,6,8,10,16H,5,7,9,11-12H2,1-2H3/t16-/m1/s1. The van der Waals surface area contributed by atoms with Gasteiger partial charge in [-0.15, -0.1) is 10.2 Å². The SMILES string of the molecule is Cc1cc(C)n2c(C(=O)N(Cc3ccccn3)C[C@H]3CCCO3)nnc2n1. The lowest BCUT2D eigenvalue weighted by atomic mass is 10.2. The number of carbonyl (C=O) groups excluding carboxylic acids is 1. The molecule has 0 bridgehead atoms. The number of nitrogens with zero attached hydrogens (tertiary/aromatic N) is 6. The van der Waals surface area contributed by atoms with Crippen molar-refractivity contribution >= 4 is 11.7 Å². The van der Waals surface area contributed by atoms with Crippen molar-refractivity contribution in [2.75, 3.05) is 13.2 Å². The summed E-state index contributed by atoms with van der Waals surface area (Å²) in [5, 5.41) is 8.22. The van der Waals surface area contributed by atoms with E-state index in [1.54, 1.807) is 15.5 Å². The lowest BCUT2D eigenvalue weighted by Gasteiger charge is -2.24. The van der Waals surface area contributed by atoms with Gasteiger partial charge in [0.15, 0.2) is 0 Å².